The molecule has 8 heteroatoms. The second kappa shape index (κ2) is 6.57. The van der Waals surface area contributed by atoms with Crippen LogP contribution in [0.15, 0.2) is 12.4 Å². The molecule has 1 saturated heterocycles. The predicted octanol–water partition coefficient (Wildman–Crippen LogP) is 0.572. The Bertz CT molecular complexity index is 570. The summed E-state index contributed by atoms with van der Waals surface area (Å²) in [4.78, 5) is 14.1. The van der Waals surface area contributed by atoms with E-state index in [0.29, 0.717) is 25.9 Å². The van der Waals surface area contributed by atoms with Crippen molar-refractivity contribution in [3.8, 4) is 0 Å². The summed E-state index contributed by atoms with van der Waals surface area (Å²) in [7, 11) is -1.64. The summed E-state index contributed by atoms with van der Waals surface area (Å²) in [5.41, 5.74) is 0.895. The van der Waals surface area contributed by atoms with Crippen LogP contribution in [-0.2, 0) is 21.4 Å². The Morgan fingerprint density at radius 1 is 1.57 bits per heavy atom. The molecule has 118 valence electrons. The lowest BCUT2D eigenvalue weighted by Crippen LogP contribution is -2.46. The summed E-state index contributed by atoms with van der Waals surface area (Å²) >= 11 is 0. The Hall–Kier alpha value is -1.41. The average Bonchev–Trinajstić information content (AvgIpc) is 3.08. The number of H-pyrrole nitrogens is 1. The topological polar surface area (TPSA) is 86.4 Å². The number of rotatable bonds is 6. The zero-order valence-corrected chi connectivity index (χ0v) is 13.3. The molecule has 21 heavy (non-hydrogen) atoms. The van der Waals surface area contributed by atoms with Gasteiger partial charge in [-0.15, -0.1) is 0 Å². The van der Waals surface area contributed by atoms with Crippen molar-refractivity contribution in [3.63, 3.8) is 0 Å². The van der Waals surface area contributed by atoms with Crippen molar-refractivity contribution in [2.45, 2.75) is 38.8 Å². The maximum atomic E-state index is 12.5. The van der Waals surface area contributed by atoms with Crippen molar-refractivity contribution < 1.29 is 13.2 Å². The molecule has 1 N–H and O–H groups in total. The molecular weight excluding hydrogens is 292 g/mol. The van der Waals surface area contributed by atoms with Gasteiger partial charge in [0.15, 0.2) is 0 Å². The fraction of sp³-hybridized carbons (Fsp3) is 0.692. The Labute approximate surface area is 125 Å². The number of likely N-dealkylation sites (N-methyl/N-ethyl adjacent to an activating group) is 1. The SMILES string of the molecule is CCCS(=O)(=O)N1CCCC1C(=O)N(C)Cc1cn[nH]c1. The molecule has 1 aliphatic rings. The molecule has 1 amide bonds. The van der Waals surface area contributed by atoms with E-state index in [-0.39, 0.29) is 11.7 Å². The summed E-state index contributed by atoms with van der Waals surface area (Å²) in [6, 6.07) is -0.557. The summed E-state index contributed by atoms with van der Waals surface area (Å²) in [5, 5.41) is 6.54. The van der Waals surface area contributed by atoms with Crippen molar-refractivity contribution in [2.75, 3.05) is 19.3 Å². The van der Waals surface area contributed by atoms with Gasteiger partial charge in [-0.1, -0.05) is 6.92 Å². The van der Waals surface area contributed by atoms with Gasteiger partial charge in [0.2, 0.25) is 15.9 Å². The van der Waals surface area contributed by atoms with Gasteiger partial charge in [0.1, 0.15) is 6.04 Å². The summed E-state index contributed by atoms with van der Waals surface area (Å²) in [5.74, 6) is -0.0456. The lowest BCUT2D eigenvalue weighted by Gasteiger charge is -2.27. The number of carbonyl (C=O) groups excluding carboxylic acids is 1. The van der Waals surface area contributed by atoms with Gasteiger partial charge in [-0.3, -0.25) is 9.89 Å². The van der Waals surface area contributed by atoms with E-state index in [1.807, 2.05) is 6.92 Å². The third-order valence-corrected chi connectivity index (χ3v) is 5.73. The van der Waals surface area contributed by atoms with Gasteiger partial charge in [-0.05, 0) is 19.3 Å². The van der Waals surface area contributed by atoms with Gasteiger partial charge < -0.3 is 4.90 Å². The Kier molecular flexibility index (Phi) is 5.00. The van der Waals surface area contributed by atoms with Gasteiger partial charge in [0.25, 0.3) is 0 Å². The van der Waals surface area contributed by atoms with Crippen LogP contribution in [0.4, 0.5) is 0 Å². The third-order valence-electron chi connectivity index (χ3n) is 3.66. The summed E-state index contributed by atoms with van der Waals surface area (Å²) in [6.45, 7) is 2.70. The van der Waals surface area contributed by atoms with Crippen LogP contribution in [0, 0.1) is 0 Å². The first-order chi connectivity index (χ1) is 9.95. The normalized spacial score (nSPS) is 19.8. The number of nitrogens with zero attached hydrogens (tertiary/aromatic N) is 3. The molecule has 2 rings (SSSR count). The highest BCUT2D eigenvalue weighted by Gasteiger charge is 2.39. The lowest BCUT2D eigenvalue weighted by atomic mass is 10.2. The maximum Gasteiger partial charge on any atom is 0.241 e. The molecule has 0 spiro atoms. The second-order valence-corrected chi connectivity index (χ2v) is 7.43. The van der Waals surface area contributed by atoms with E-state index in [2.05, 4.69) is 10.2 Å². The number of amides is 1. The fourth-order valence-corrected chi connectivity index (χ4v) is 4.41. The Morgan fingerprint density at radius 2 is 2.33 bits per heavy atom. The van der Waals surface area contributed by atoms with Gasteiger partial charge >= 0.3 is 0 Å². The Morgan fingerprint density at radius 3 is 2.95 bits per heavy atom. The minimum atomic E-state index is -3.33. The van der Waals surface area contributed by atoms with Crippen LogP contribution in [0.1, 0.15) is 31.7 Å². The van der Waals surface area contributed by atoms with Gasteiger partial charge in [0, 0.05) is 31.9 Å². The summed E-state index contributed by atoms with van der Waals surface area (Å²) in [6.07, 6.45) is 5.27. The highest BCUT2D eigenvalue weighted by Crippen LogP contribution is 2.23. The number of carbonyl (C=O) groups is 1. The van der Waals surface area contributed by atoms with E-state index in [4.69, 9.17) is 0 Å². The highest BCUT2D eigenvalue weighted by molar-refractivity contribution is 7.89. The molecule has 0 aromatic carbocycles. The van der Waals surface area contributed by atoms with E-state index in [9.17, 15) is 13.2 Å². The largest absolute Gasteiger partial charge is 0.340 e. The first kappa shape index (κ1) is 16.0. The Balaban J connectivity index is 2.07. The number of hydrogen-bond donors (Lipinski definition) is 1. The van der Waals surface area contributed by atoms with Crippen LogP contribution in [0.25, 0.3) is 0 Å². The highest BCUT2D eigenvalue weighted by atomic mass is 32.2. The molecule has 1 unspecified atom stereocenters. The molecule has 2 heterocycles. The van der Waals surface area contributed by atoms with E-state index >= 15 is 0 Å². The van der Waals surface area contributed by atoms with Crippen LogP contribution in [0.5, 0.6) is 0 Å². The monoisotopic (exact) mass is 314 g/mol. The van der Waals surface area contributed by atoms with Crippen molar-refractivity contribution in [3.05, 3.63) is 18.0 Å². The molecular formula is C13H22N4O3S. The molecule has 1 atom stereocenters. The first-order valence-electron chi connectivity index (χ1n) is 7.18. The molecule has 7 nitrogen and oxygen atoms in total. The average molecular weight is 314 g/mol. The number of hydrogen-bond acceptors (Lipinski definition) is 4. The predicted molar refractivity (Wildman–Crippen MR) is 78.9 cm³/mol. The molecule has 0 saturated carbocycles. The fourth-order valence-electron chi connectivity index (χ4n) is 2.67. The van der Waals surface area contributed by atoms with Crippen LogP contribution in [0.3, 0.4) is 0 Å². The van der Waals surface area contributed by atoms with Gasteiger partial charge in [-0.25, -0.2) is 8.42 Å². The number of sulfonamides is 1. The quantitative estimate of drug-likeness (QED) is 0.832. The van der Waals surface area contributed by atoms with E-state index in [1.54, 1.807) is 24.3 Å². The lowest BCUT2D eigenvalue weighted by molar-refractivity contribution is -0.133. The molecule has 1 aromatic rings. The van der Waals surface area contributed by atoms with Crippen molar-refractivity contribution >= 4 is 15.9 Å². The number of nitrogens with one attached hydrogen (secondary N) is 1. The minimum Gasteiger partial charge on any atom is -0.340 e. The van der Waals surface area contributed by atoms with Crippen molar-refractivity contribution in [1.82, 2.24) is 19.4 Å². The van der Waals surface area contributed by atoms with Gasteiger partial charge in [-0.2, -0.15) is 9.40 Å². The number of aromatic nitrogens is 2. The van der Waals surface area contributed by atoms with Crippen molar-refractivity contribution in [2.24, 2.45) is 0 Å². The molecule has 0 bridgehead atoms. The third kappa shape index (κ3) is 3.62. The van der Waals surface area contributed by atoms with Crippen LogP contribution < -0.4 is 0 Å². The minimum absolute atomic E-state index is 0.0994. The molecule has 1 aromatic heterocycles. The van der Waals surface area contributed by atoms with Gasteiger partial charge in [0.05, 0.1) is 11.9 Å². The van der Waals surface area contributed by atoms with E-state index < -0.39 is 16.1 Å². The maximum absolute atomic E-state index is 12.5. The smallest absolute Gasteiger partial charge is 0.241 e. The van der Waals surface area contributed by atoms with Crippen molar-refractivity contribution in [1.29, 1.82) is 0 Å². The van der Waals surface area contributed by atoms with Crippen LogP contribution >= 0.6 is 0 Å². The van der Waals surface area contributed by atoms with E-state index in [1.165, 1.54) is 4.31 Å². The molecule has 0 radical (unpaired) electrons. The molecule has 1 aliphatic heterocycles. The molecule has 0 aliphatic carbocycles. The van der Waals surface area contributed by atoms with E-state index in [0.717, 1.165) is 12.0 Å². The standard InChI is InChI=1S/C13H22N4O3S/c1-3-7-21(19,20)17-6-4-5-12(17)13(18)16(2)10-11-8-14-15-9-11/h8-9,12H,3-7,10H2,1-2H3,(H,14,15). The number of aromatic amines is 1. The summed E-state index contributed by atoms with van der Waals surface area (Å²) < 4.78 is 25.8. The first-order valence-corrected chi connectivity index (χ1v) is 8.78. The molecule has 1 fully saturated rings. The van der Waals surface area contributed by atoms with Crippen LogP contribution in [0.2, 0.25) is 0 Å². The zero-order chi connectivity index (χ0) is 15.5. The van der Waals surface area contributed by atoms with Crippen LogP contribution in [-0.4, -0.2) is 59.1 Å². The second-order valence-electron chi connectivity index (χ2n) is 5.39. The zero-order valence-electron chi connectivity index (χ0n) is 12.4.